The molecule has 5 nitrogen and oxygen atoms in total. The second kappa shape index (κ2) is 5.60. The molecular formula is C17H16O5. The Bertz CT molecular complexity index is 706. The molecule has 114 valence electrons. The number of rotatable bonds is 3. The van der Waals surface area contributed by atoms with Crippen LogP contribution in [0.4, 0.5) is 0 Å². The van der Waals surface area contributed by atoms with Crippen molar-refractivity contribution in [1.82, 2.24) is 0 Å². The SMILES string of the molecule is COc1ccc2c(c1OC)O[C@@H](c1ccc(O)cc1)CC2=O. The van der Waals surface area contributed by atoms with E-state index in [9.17, 15) is 9.90 Å². The van der Waals surface area contributed by atoms with Crippen molar-refractivity contribution in [1.29, 1.82) is 0 Å². The lowest BCUT2D eigenvalue weighted by molar-refractivity contribution is 0.0841. The third-order valence-electron chi connectivity index (χ3n) is 3.70. The Morgan fingerprint density at radius 3 is 2.45 bits per heavy atom. The second-order valence-electron chi connectivity index (χ2n) is 5.00. The van der Waals surface area contributed by atoms with E-state index >= 15 is 0 Å². The minimum atomic E-state index is -0.415. The summed E-state index contributed by atoms with van der Waals surface area (Å²) in [6.07, 6.45) is -0.172. The average Bonchev–Trinajstić information content (AvgIpc) is 2.54. The summed E-state index contributed by atoms with van der Waals surface area (Å²) in [7, 11) is 3.04. The van der Waals surface area contributed by atoms with Gasteiger partial charge in [0.15, 0.2) is 17.3 Å². The second-order valence-corrected chi connectivity index (χ2v) is 5.00. The third kappa shape index (κ3) is 2.35. The Kier molecular flexibility index (Phi) is 3.63. The first-order chi connectivity index (χ1) is 10.6. The third-order valence-corrected chi connectivity index (χ3v) is 3.70. The molecule has 0 amide bonds. The molecule has 0 spiro atoms. The lowest BCUT2D eigenvalue weighted by Crippen LogP contribution is -2.21. The number of Topliss-reactive ketones (excluding diaryl/α,β-unsaturated/α-hetero) is 1. The summed E-state index contributed by atoms with van der Waals surface area (Å²) >= 11 is 0. The van der Waals surface area contributed by atoms with E-state index < -0.39 is 6.10 Å². The summed E-state index contributed by atoms with van der Waals surface area (Å²) in [5.41, 5.74) is 1.31. The number of ketones is 1. The average molecular weight is 300 g/mol. The van der Waals surface area contributed by atoms with Gasteiger partial charge < -0.3 is 19.3 Å². The molecule has 0 bridgehead atoms. The molecule has 1 aliphatic rings. The molecule has 1 N–H and O–H groups in total. The maximum Gasteiger partial charge on any atom is 0.204 e. The van der Waals surface area contributed by atoms with Crippen molar-refractivity contribution in [3.63, 3.8) is 0 Å². The van der Waals surface area contributed by atoms with Crippen LogP contribution in [0, 0.1) is 0 Å². The van der Waals surface area contributed by atoms with Crippen LogP contribution in [0.3, 0.4) is 0 Å². The number of fused-ring (bicyclic) bond motifs is 1. The molecule has 1 atom stereocenters. The largest absolute Gasteiger partial charge is 0.508 e. The van der Waals surface area contributed by atoms with E-state index in [1.807, 2.05) is 0 Å². The quantitative estimate of drug-likeness (QED) is 0.943. The number of hydrogen-bond donors (Lipinski definition) is 1. The molecule has 0 unspecified atom stereocenters. The van der Waals surface area contributed by atoms with Gasteiger partial charge in [-0.1, -0.05) is 12.1 Å². The van der Waals surface area contributed by atoms with Crippen LogP contribution in [0.25, 0.3) is 0 Å². The highest BCUT2D eigenvalue weighted by atomic mass is 16.5. The van der Waals surface area contributed by atoms with Crippen LogP contribution in [0.1, 0.15) is 28.4 Å². The predicted octanol–water partition coefficient (Wildman–Crippen LogP) is 3.12. The molecule has 0 radical (unpaired) electrons. The molecule has 0 saturated heterocycles. The van der Waals surface area contributed by atoms with E-state index in [0.717, 1.165) is 5.56 Å². The van der Waals surface area contributed by atoms with E-state index in [0.29, 0.717) is 22.8 Å². The molecule has 0 aliphatic carbocycles. The number of benzene rings is 2. The zero-order chi connectivity index (χ0) is 15.7. The summed E-state index contributed by atoms with van der Waals surface area (Å²) in [4.78, 5) is 12.4. The number of ether oxygens (including phenoxy) is 3. The van der Waals surface area contributed by atoms with E-state index in [1.165, 1.54) is 14.2 Å². The van der Waals surface area contributed by atoms with Gasteiger partial charge in [-0.2, -0.15) is 0 Å². The molecule has 5 heteroatoms. The number of methoxy groups -OCH3 is 2. The normalized spacial score (nSPS) is 16.6. The summed E-state index contributed by atoms with van der Waals surface area (Å²) < 4.78 is 16.6. The maximum atomic E-state index is 12.4. The fourth-order valence-electron chi connectivity index (χ4n) is 2.57. The number of aromatic hydroxyl groups is 1. The fourth-order valence-corrected chi connectivity index (χ4v) is 2.57. The van der Waals surface area contributed by atoms with Crippen molar-refractivity contribution in [2.45, 2.75) is 12.5 Å². The summed E-state index contributed by atoms with van der Waals surface area (Å²) in [6, 6.07) is 10.0. The van der Waals surface area contributed by atoms with Gasteiger partial charge >= 0.3 is 0 Å². The molecular weight excluding hydrogens is 284 g/mol. The van der Waals surface area contributed by atoms with Gasteiger partial charge in [-0.25, -0.2) is 0 Å². The first kappa shape index (κ1) is 14.3. The number of phenolic OH excluding ortho intramolecular Hbond substituents is 1. The minimum absolute atomic E-state index is 0.0136. The van der Waals surface area contributed by atoms with Crippen molar-refractivity contribution < 1.29 is 24.1 Å². The monoisotopic (exact) mass is 300 g/mol. The fraction of sp³-hybridized carbons (Fsp3) is 0.235. The number of carbonyl (C=O) groups excluding carboxylic acids is 1. The maximum absolute atomic E-state index is 12.4. The van der Waals surface area contributed by atoms with Gasteiger partial charge in [0.25, 0.3) is 0 Å². The lowest BCUT2D eigenvalue weighted by atomic mass is 9.95. The van der Waals surface area contributed by atoms with Crippen LogP contribution in [-0.4, -0.2) is 25.1 Å². The summed E-state index contributed by atoms with van der Waals surface area (Å²) in [5, 5.41) is 9.37. The summed E-state index contributed by atoms with van der Waals surface area (Å²) in [5.74, 6) is 1.49. The molecule has 1 aliphatic heterocycles. The molecule has 22 heavy (non-hydrogen) atoms. The zero-order valence-electron chi connectivity index (χ0n) is 12.3. The Morgan fingerprint density at radius 1 is 1.09 bits per heavy atom. The van der Waals surface area contributed by atoms with Crippen LogP contribution in [0.5, 0.6) is 23.0 Å². The Labute approximate surface area is 128 Å². The minimum Gasteiger partial charge on any atom is -0.508 e. The highest BCUT2D eigenvalue weighted by Gasteiger charge is 2.31. The van der Waals surface area contributed by atoms with Crippen molar-refractivity contribution in [3.05, 3.63) is 47.5 Å². The van der Waals surface area contributed by atoms with Gasteiger partial charge in [-0.3, -0.25) is 4.79 Å². The molecule has 3 rings (SSSR count). The van der Waals surface area contributed by atoms with Gasteiger partial charge in [-0.05, 0) is 29.8 Å². The van der Waals surface area contributed by atoms with Crippen LogP contribution in [0.15, 0.2) is 36.4 Å². The smallest absolute Gasteiger partial charge is 0.204 e. The first-order valence-corrected chi connectivity index (χ1v) is 6.87. The predicted molar refractivity (Wildman–Crippen MR) is 80.0 cm³/mol. The Balaban J connectivity index is 2.03. The van der Waals surface area contributed by atoms with E-state index in [1.54, 1.807) is 36.4 Å². The van der Waals surface area contributed by atoms with E-state index in [-0.39, 0.29) is 18.0 Å². The molecule has 0 aromatic heterocycles. The standard InChI is InChI=1S/C17H16O5/c1-20-14-8-7-12-13(19)9-15(22-16(12)17(14)21-2)10-3-5-11(18)6-4-10/h3-8,15,18H,9H2,1-2H3/t15-/m1/s1. The van der Waals surface area contributed by atoms with Gasteiger partial charge in [0.1, 0.15) is 11.9 Å². The molecule has 2 aromatic rings. The number of phenols is 1. The topological polar surface area (TPSA) is 65.0 Å². The zero-order valence-corrected chi connectivity index (χ0v) is 12.3. The van der Waals surface area contributed by atoms with Crippen LogP contribution in [-0.2, 0) is 0 Å². The highest BCUT2D eigenvalue weighted by Crippen LogP contribution is 2.45. The van der Waals surface area contributed by atoms with Crippen molar-refractivity contribution in [2.75, 3.05) is 14.2 Å². The van der Waals surface area contributed by atoms with Gasteiger partial charge in [0.05, 0.1) is 26.2 Å². The van der Waals surface area contributed by atoms with E-state index in [2.05, 4.69) is 0 Å². The number of hydrogen-bond acceptors (Lipinski definition) is 5. The van der Waals surface area contributed by atoms with Gasteiger partial charge in [-0.15, -0.1) is 0 Å². The van der Waals surface area contributed by atoms with Crippen LogP contribution < -0.4 is 14.2 Å². The molecule has 2 aromatic carbocycles. The van der Waals surface area contributed by atoms with Gasteiger partial charge in [0.2, 0.25) is 5.75 Å². The first-order valence-electron chi connectivity index (χ1n) is 6.87. The Hall–Kier alpha value is -2.69. The molecule has 0 saturated carbocycles. The molecule has 0 fully saturated rings. The number of carbonyl (C=O) groups is 1. The Morgan fingerprint density at radius 2 is 1.82 bits per heavy atom. The van der Waals surface area contributed by atoms with Crippen molar-refractivity contribution >= 4 is 5.78 Å². The van der Waals surface area contributed by atoms with Gasteiger partial charge in [0, 0.05) is 0 Å². The van der Waals surface area contributed by atoms with Crippen molar-refractivity contribution in [3.8, 4) is 23.0 Å². The van der Waals surface area contributed by atoms with E-state index in [4.69, 9.17) is 14.2 Å². The molecule has 1 heterocycles. The van der Waals surface area contributed by atoms with Crippen LogP contribution >= 0.6 is 0 Å². The van der Waals surface area contributed by atoms with Crippen molar-refractivity contribution in [2.24, 2.45) is 0 Å². The lowest BCUT2D eigenvalue weighted by Gasteiger charge is -2.27. The highest BCUT2D eigenvalue weighted by molar-refractivity contribution is 6.01. The summed E-state index contributed by atoms with van der Waals surface area (Å²) in [6.45, 7) is 0. The van der Waals surface area contributed by atoms with Crippen LogP contribution in [0.2, 0.25) is 0 Å².